The number of carbonyl (C=O) groups excluding carboxylic acids is 2. The lowest BCUT2D eigenvalue weighted by Gasteiger charge is -2.22. The summed E-state index contributed by atoms with van der Waals surface area (Å²) in [6, 6.07) is 5.61. The van der Waals surface area contributed by atoms with Crippen LogP contribution in [0.3, 0.4) is 0 Å². The number of hydrogen-bond acceptors (Lipinski definition) is 4. The van der Waals surface area contributed by atoms with E-state index in [0.717, 1.165) is 0 Å². The lowest BCUT2D eigenvalue weighted by molar-refractivity contribution is -0.135. The second-order valence-corrected chi connectivity index (χ2v) is 6.34. The fourth-order valence-corrected chi connectivity index (χ4v) is 3.70. The highest BCUT2D eigenvalue weighted by atomic mass is 32.2. The molecule has 1 atom stereocenters. The number of amides is 2. The molecule has 2 heterocycles. The topological polar surface area (TPSA) is 67.2 Å². The molecule has 8 heteroatoms. The second kappa shape index (κ2) is 7.04. The lowest BCUT2D eigenvalue weighted by atomic mass is 10.2. The fraction of sp³-hybridized carbons (Fsp3) is 0.312. The first kappa shape index (κ1) is 16.5. The monoisotopic (exact) mass is 348 g/mol. The van der Waals surface area contributed by atoms with Gasteiger partial charge in [-0.15, -0.1) is 11.8 Å². The summed E-state index contributed by atoms with van der Waals surface area (Å²) in [5.41, 5.74) is 0.659. The van der Waals surface area contributed by atoms with Crippen molar-refractivity contribution in [2.45, 2.75) is 19.4 Å². The van der Waals surface area contributed by atoms with Gasteiger partial charge in [0, 0.05) is 30.3 Å². The Morgan fingerprint density at radius 1 is 1.46 bits per heavy atom. The number of anilines is 1. The van der Waals surface area contributed by atoms with E-state index < -0.39 is 11.9 Å². The maximum Gasteiger partial charge on any atom is 0.248 e. The van der Waals surface area contributed by atoms with Crippen LogP contribution >= 0.6 is 11.8 Å². The molecule has 6 nitrogen and oxygen atoms in total. The number of benzene rings is 1. The summed E-state index contributed by atoms with van der Waals surface area (Å²) >= 11 is 1.54. The van der Waals surface area contributed by atoms with Crippen LogP contribution in [-0.2, 0) is 9.59 Å². The van der Waals surface area contributed by atoms with Gasteiger partial charge in [0.25, 0.3) is 0 Å². The van der Waals surface area contributed by atoms with Crippen molar-refractivity contribution in [1.82, 2.24) is 14.7 Å². The van der Waals surface area contributed by atoms with Crippen LogP contribution in [0.1, 0.15) is 13.3 Å². The smallest absolute Gasteiger partial charge is 0.248 e. The molecule has 1 aromatic carbocycles. The Morgan fingerprint density at radius 3 is 2.96 bits per heavy atom. The van der Waals surface area contributed by atoms with E-state index >= 15 is 0 Å². The van der Waals surface area contributed by atoms with E-state index in [1.165, 1.54) is 22.5 Å². The van der Waals surface area contributed by atoms with Crippen LogP contribution in [0.5, 0.6) is 0 Å². The Balaban J connectivity index is 1.73. The van der Waals surface area contributed by atoms with Gasteiger partial charge in [0.15, 0.2) is 5.82 Å². The van der Waals surface area contributed by atoms with E-state index in [9.17, 15) is 14.0 Å². The number of carbonyl (C=O) groups is 2. The van der Waals surface area contributed by atoms with Crippen molar-refractivity contribution in [3.63, 3.8) is 0 Å². The van der Waals surface area contributed by atoms with Gasteiger partial charge in [0.2, 0.25) is 11.8 Å². The van der Waals surface area contributed by atoms with Crippen molar-refractivity contribution in [2.75, 3.05) is 16.9 Å². The third-order valence-corrected chi connectivity index (χ3v) is 4.79. The van der Waals surface area contributed by atoms with Gasteiger partial charge in [-0.1, -0.05) is 6.92 Å². The Hall–Kier alpha value is -2.35. The second-order valence-electron chi connectivity index (χ2n) is 5.34. The number of aromatic nitrogens is 2. The molecule has 1 aliphatic heterocycles. The van der Waals surface area contributed by atoms with Crippen LogP contribution in [0.2, 0.25) is 0 Å². The molecule has 1 aromatic heterocycles. The zero-order chi connectivity index (χ0) is 17.1. The molecule has 0 saturated carbocycles. The van der Waals surface area contributed by atoms with Gasteiger partial charge in [0.1, 0.15) is 11.7 Å². The highest BCUT2D eigenvalue weighted by Crippen LogP contribution is 2.24. The Labute approximate surface area is 143 Å². The van der Waals surface area contributed by atoms with Crippen molar-refractivity contribution in [3.8, 4) is 5.69 Å². The largest absolute Gasteiger partial charge is 0.324 e. The van der Waals surface area contributed by atoms with Crippen molar-refractivity contribution in [3.05, 3.63) is 42.5 Å². The van der Waals surface area contributed by atoms with Gasteiger partial charge in [-0.3, -0.25) is 9.59 Å². The summed E-state index contributed by atoms with van der Waals surface area (Å²) in [5.74, 6) is 0.218. The van der Waals surface area contributed by atoms with E-state index in [0.29, 0.717) is 29.4 Å². The molecule has 0 radical (unpaired) electrons. The zero-order valence-corrected chi connectivity index (χ0v) is 13.9. The van der Waals surface area contributed by atoms with Crippen LogP contribution in [0.4, 0.5) is 10.1 Å². The first-order valence-corrected chi connectivity index (χ1v) is 8.73. The minimum Gasteiger partial charge on any atom is -0.324 e. The van der Waals surface area contributed by atoms with E-state index in [1.807, 2.05) is 0 Å². The third kappa shape index (κ3) is 3.28. The SMILES string of the molecule is CCC(=O)N1CSC[C@@H]1C(=O)Nc1ccc(-n2cccn2)c(F)c1. The van der Waals surface area contributed by atoms with Crippen molar-refractivity contribution < 1.29 is 14.0 Å². The molecule has 0 aliphatic carbocycles. The van der Waals surface area contributed by atoms with Gasteiger partial charge in [0.05, 0.1) is 5.88 Å². The first-order chi connectivity index (χ1) is 11.6. The molecule has 2 amide bonds. The van der Waals surface area contributed by atoms with Gasteiger partial charge >= 0.3 is 0 Å². The van der Waals surface area contributed by atoms with Crippen LogP contribution in [0.25, 0.3) is 5.69 Å². The maximum atomic E-state index is 14.2. The number of hydrogen-bond donors (Lipinski definition) is 1. The van der Waals surface area contributed by atoms with Crippen LogP contribution in [-0.4, -0.2) is 44.2 Å². The predicted octanol–water partition coefficient (Wildman–Crippen LogP) is 2.26. The summed E-state index contributed by atoms with van der Waals surface area (Å²) in [6.45, 7) is 1.77. The molecule has 126 valence electrons. The van der Waals surface area contributed by atoms with E-state index in [2.05, 4.69) is 10.4 Å². The molecular formula is C16H17FN4O2S. The van der Waals surface area contributed by atoms with Crippen molar-refractivity contribution in [2.24, 2.45) is 0 Å². The lowest BCUT2D eigenvalue weighted by Crippen LogP contribution is -2.44. The molecule has 0 spiro atoms. The number of nitrogens with zero attached hydrogens (tertiary/aromatic N) is 3. The van der Waals surface area contributed by atoms with Gasteiger partial charge < -0.3 is 10.2 Å². The molecule has 24 heavy (non-hydrogen) atoms. The zero-order valence-electron chi connectivity index (χ0n) is 13.1. The predicted molar refractivity (Wildman–Crippen MR) is 90.4 cm³/mol. The number of thioether (sulfide) groups is 1. The molecule has 0 bridgehead atoms. The highest BCUT2D eigenvalue weighted by molar-refractivity contribution is 7.99. The minimum absolute atomic E-state index is 0.0552. The summed E-state index contributed by atoms with van der Waals surface area (Å²) in [5, 5.41) is 6.67. The average molecular weight is 348 g/mol. The highest BCUT2D eigenvalue weighted by Gasteiger charge is 2.33. The summed E-state index contributed by atoms with van der Waals surface area (Å²) in [4.78, 5) is 25.9. The van der Waals surface area contributed by atoms with Crippen molar-refractivity contribution in [1.29, 1.82) is 0 Å². The number of rotatable bonds is 4. The molecule has 1 aliphatic rings. The molecular weight excluding hydrogens is 331 g/mol. The van der Waals surface area contributed by atoms with Gasteiger partial charge in [-0.25, -0.2) is 9.07 Å². The van der Waals surface area contributed by atoms with Crippen LogP contribution in [0.15, 0.2) is 36.7 Å². The minimum atomic E-state index is -0.517. The summed E-state index contributed by atoms with van der Waals surface area (Å²) in [7, 11) is 0. The fourth-order valence-electron chi connectivity index (χ4n) is 2.52. The van der Waals surface area contributed by atoms with E-state index in [4.69, 9.17) is 0 Å². The molecule has 1 saturated heterocycles. The molecule has 3 rings (SSSR count). The normalized spacial score (nSPS) is 17.1. The van der Waals surface area contributed by atoms with Crippen molar-refractivity contribution >= 4 is 29.3 Å². The Kier molecular flexibility index (Phi) is 4.84. The summed E-state index contributed by atoms with van der Waals surface area (Å²) in [6.07, 6.45) is 3.56. The maximum absolute atomic E-state index is 14.2. The molecule has 1 fully saturated rings. The third-order valence-electron chi connectivity index (χ3n) is 3.77. The summed E-state index contributed by atoms with van der Waals surface area (Å²) < 4.78 is 15.6. The van der Waals surface area contributed by atoms with Crippen LogP contribution in [0, 0.1) is 5.82 Å². The molecule has 0 unspecified atom stereocenters. The Morgan fingerprint density at radius 2 is 2.29 bits per heavy atom. The average Bonchev–Trinajstić information content (AvgIpc) is 3.25. The number of halogens is 1. The van der Waals surface area contributed by atoms with Gasteiger partial charge in [-0.2, -0.15) is 5.10 Å². The van der Waals surface area contributed by atoms with Crippen LogP contribution < -0.4 is 5.32 Å². The molecule has 1 N–H and O–H groups in total. The first-order valence-electron chi connectivity index (χ1n) is 7.57. The van der Waals surface area contributed by atoms with E-state index in [-0.39, 0.29) is 11.8 Å². The Bertz CT molecular complexity index is 751. The van der Waals surface area contributed by atoms with E-state index in [1.54, 1.807) is 42.4 Å². The quantitative estimate of drug-likeness (QED) is 0.920. The molecule has 2 aromatic rings. The standard InChI is InChI=1S/C16H17FN4O2S/c1-2-15(22)20-10-24-9-14(20)16(23)19-11-4-5-13(12(17)8-11)21-7-3-6-18-21/h3-8,14H,2,9-10H2,1H3,(H,19,23)/t14-/m1/s1. The number of nitrogens with one attached hydrogen (secondary N) is 1. The van der Waals surface area contributed by atoms with Gasteiger partial charge in [-0.05, 0) is 24.3 Å².